The van der Waals surface area contributed by atoms with Crippen molar-refractivity contribution in [2.24, 2.45) is 14.1 Å². The maximum atomic E-state index is 4.25. The number of hydrogen-bond donors (Lipinski definition) is 0. The molecule has 0 aliphatic rings. The lowest BCUT2D eigenvalue weighted by molar-refractivity contribution is -0.674. The summed E-state index contributed by atoms with van der Waals surface area (Å²) >= 11 is 0. The molecule has 0 saturated carbocycles. The lowest BCUT2D eigenvalue weighted by Gasteiger charge is -1.92. The van der Waals surface area contributed by atoms with Crippen molar-refractivity contribution >= 4 is 11.2 Å². The lowest BCUT2D eigenvalue weighted by Crippen LogP contribution is -2.27. The van der Waals surface area contributed by atoms with Gasteiger partial charge in [0.2, 0.25) is 0 Å². The summed E-state index contributed by atoms with van der Waals surface area (Å²) in [6.07, 6.45) is 8.87. The minimum Gasteiger partial charge on any atom is -0.316 e. The van der Waals surface area contributed by atoms with Gasteiger partial charge in [0.25, 0.3) is 6.33 Å². The summed E-state index contributed by atoms with van der Waals surface area (Å²) in [6, 6.07) is 0. The molecule has 0 atom stereocenters. The van der Waals surface area contributed by atoms with Crippen LogP contribution < -0.4 is 4.57 Å². The molecule has 0 aliphatic heterocycles. The van der Waals surface area contributed by atoms with E-state index in [-0.39, 0.29) is 0 Å². The SMILES string of the molecule is Cc1cnc[n+](C)c1.Cc1nc2cncnc2n1C. The number of imidazole rings is 1. The Kier molecular flexibility index (Phi) is 3.79. The summed E-state index contributed by atoms with van der Waals surface area (Å²) in [7, 11) is 3.90. The summed E-state index contributed by atoms with van der Waals surface area (Å²) in [5.74, 6) is 0.959. The fraction of sp³-hybridized carbons (Fsp3) is 0.308. The normalized spacial score (nSPS) is 10.1. The Bertz CT molecular complexity index is 671. The molecule has 3 heterocycles. The second-order valence-electron chi connectivity index (χ2n) is 4.38. The van der Waals surface area contributed by atoms with Crippen molar-refractivity contribution in [3.8, 4) is 0 Å². The number of fused-ring (bicyclic) bond motifs is 1. The van der Waals surface area contributed by atoms with Gasteiger partial charge < -0.3 is 4.57 Å². The van der Waals surface area contributed by atoms with Crippen LogP contribution in [0.25, 0.3) is 11.2 Å². The molecule has 0 fully saturated rings. The van der Waals surface area contributed by atoms with Crippen LogP contribution in [0.3, 0.4) is 0 Å². The fourth-order valence-corrected chi connectivity index (χ4v) is 1.70. The van der Waals surface area contributed by atoms with Crippen molar-refractivity contribution < 1.29 is 4.57 Å². The molecule has 0 aliphatic carbocycles. The van der Waals surface area contributed by atoms with Crippen molar-refractivity contribution in [2.45, 2.75) is 13.8 Å². The minimum atomic E-state index is 0.854. The molecule has 0 radical (unpaired) electrons. The molecule has 0 amide bonds. The van der Waals surface area contributed by atoms with Crippen LogP contribution in [-0.2, 0) is 14.1 Å². The van der Waals surface area contributed by atoms with E-state index in [0.29, 0.717) is 0 Å². The van der Waals surface area contributed by atoms with E-state index in [1.54, 1.807) is 12.5 Å². The molecular weight excluding hydrogens is 240 g/mol. The highest BCUT2D eigenvalue weighted by molar-refractivity contribution is 5.69. The summed E-state index contributed by atoms with van der Waals surface area (Å²) in [4.78, 5) is 16.2. The van der Waals surface area contributed by atoms with Crippen LogP contribution in [-0.4, -0.2) is 24.5 Å². The van der Waals surface area contributed by atoms with E-state index in [2.05, 4.69) is 19.9 Å². The van der Waals surface area contributed by atoms with Crippen LogP contribution in [0.2, 0.25) is 0 Å². The number of nitrogens with zero attached hydrogens (tertiary/aromatic N) is 6. The molecule has 0 unspecified atom stereocenters. The van der Waals surface area contributed by atoms with Crippen LogP contribution in [0, 0.1) is 13.8 Å². The zero-order valence-corrected chi connectivity index (χ0v) is 11.6. The van der Waals surface area contributed by atoms with Crippen LogP contribution >= 0.6 is 0 Å². The van der Waals surface area contributed by atoms with Gasteiger partial charge in [0.15, 0.2) is 5.65 Å². The highest BCUT2D eigenvalue weighted by Gasteiger charge is 2.02. The van der Waals surface area contributed by atoms with E-state index in [0.717, 1.165) is 17.0 Å². The predicted octanol–water partition coefficient (Wildman–Crippen LogP) is 0.886. The Morgan fingerprint density at radius 3 is 2.53 bits per heavy atom. The smallest absolute Gasteiger partial charge is 0.285 e. The Morgan fingerprint density at radius 2 is 1.95 bits per heavy atom. The molecule has 0 N–H and O–H groups in total. The maximum Gasteiger partial charge on any atom is 0.285 e. The highest BCUT2D eigenvalue weighted by Crippen LogP contribution is 2.08. The Hall–Kier alpha value is -2.37. The molecule has 0 aromatic carbocycles. The van der Waals surface area contributed by atoms with E-state index in [1.807, 2.05) is 49.5 Å². The quantitative estimate of drug-likeness (QED) is 0.561. The van der Waals surface area contributed by atoms with E-state index in [4.69, 9.17) is 0 Å². The molecule has 98 valence electrons. The van der Waals surface area contributed by atoms with Gasteiger partial charge >= 0.3 is 0 Å². The predicted molar refractivity (Wildman–Crippen MR) is 71.2 cm³/mol. The molecule has 19 heavy (non-hydrogen) atoms. The van der Waals surface area contributed by atoms with Crippen molar-refractivity contribution in [2.75, 3.05) is 0 Å². The third-order valence-corrected chi connectivity index (χ3v) is 2.69. The third kappa shape index (κ3) is 3.09. The molecule has 3 aromatic heterocycles. The molecular formula is C13H17N6+. The first-order valence-electron chi connectivity index (χ1n) is 5.94. The van der Waals surface area contributed by atoms with Crippen molar-refractivity contribution in [3.63, 3.8) is 0 Å². The minimum absolute atomic E-state index is 0.854. The third-order valence-electron chi connectivity index (χ3n) is 2.69. The lowest BCUT2D eigenvalue weighted by atomic mass is 10.4. The van der Waals surface area contributed by atoms with Gasteiger partial charge in [-0.05, 0) is 13.8 Å². The van der Waals surface area contributed by atoms with Gasteiger partial charge in [-0.1, -0.05) is 4.98 Å². The number of rotatable bonds is 0. The summed E-state index contributed by atoms with van der Waals surface area (Å²) < 4.78 is 3.87. The summed E-state index contributed by atoms with van der Waals surface area (Å²) in [5, 5.41) is 0. The number of aryl methyl sites for hydroxylation is 4. The first-order valence-corrected chi connectivity index (χ1v) is 5.94. The number of hydrogen-bond acceptors (Lipinski definition) is 4. The van der Waals surface area contributed by atoms with Gasteiger partial charge in [0.1, 0.15) is 23.9 Å². The van der Waals surface area contributed by atoms with Crippen LogP contribution in [0.5, 0.6) is 0 Å². The first-order chi connectivity index (χ1) is 9.08. The highest BCUT2D eigenvalue weighted by atomic mass is 15.1. The number of aromatic nitrogens is 6. The Labute approximate surface area is 111 Å². The Morgan fingerprint density at radius 1 is 1.16 bits per heavy atom. The van der Waals surface area contributed by atoms with Crippen LogP contribution in [0.15, 0.2) is 31.2 Å². The van der Waals surface area contributed by atoms with E-state index < -0.39 is 0 Å². The molecule has 3 aromatic rings. The molecule has 0 saturated heterocycles. The van der Waals surface area contributed by atoms with Crippen molar-refractivity contribution in [3.05, 3.63) is 42.6 Å². The van der Waals surface area contributed by atoms with Gasteiger partial charge in [-0.15, -0.1) is 0 Å². The van der Waals surface area contributed by atoms with Crippen molar-refractivity contribution in [1.82, 2.24) is 24.5 Å². The average molecular weight is 257 g/mol. The van der Waals surface area contributed by atoms with Crippen molar-refractivity contribution in [1.29, 1.82) is 0 Å². The largest absolute Gasteiger partial charge is 0.316 e. The van der Waals surface area contributed by atoms with Gasteiger partial charge in [-0.2, -0.15) is 0 Å². The van der Waals surface area contributed by atoms with Gasteiger partial charge in [0.05, 0.1) is 19.4 Å². The molecule has 0 spiro atoms. The van der Waals surface area contributed by atoms with E-state index in [1.165, 1.54) is 11.9 Å². The molecule has 0 bridgehead atoms. The summed E-state index contributed by atoms with van der Waals surface area (Å²) in [5.41, 5.74) is 2.93. The van der Waals surface area contributed by atoms with Crippen LogP contribution in [0.4, 0.5) is 0 Å². The summed E-state index contributed by atoms with van der Waals surface area (Å²) in [6.45, 7) is 3.97. The zero-order valence-electron chi connectivity index (χ0n) is 11.6. The molecule has 6 heteroatoms. The first kappa shape index (κ1) is 13.1. The monoisotopic (exact) mass is 257 g/mol. The van der Waals surface area contributed by atoms with E-state index in [9.17, 15) is 0 Å². The maximum absolute atomic E-state index is 4.25. The average Bonchev–Trinajstić information content (AvgIpc) is 2.66. The van der Waals surface area contributed by atoms with Crippen LogP contribution in [0.1, 0.15) is 11.4 Å². The standard InChI is InChI=1S/C7H8N4.C6H9N2/c1-5-10-6-3-8-4-9-7(6)11(5)2;1-6-3-7-5-8(2)4-6/h3-4H,1-2H3;3-5H,1-2H3/q;+1. The second kappa shape index (κ2) is 5.51. The van der Waals surface area contributed by atoms with Gasteiger partial charge in [-0.25, -0.2) is 19.5 Å². The second-order valence-corrected chi connectivity index (χ2v) is 4.38. The zero-order chi connectivity index (χ0) is 13.8. The molecule has 3 rings (SSSR count). The molecule has 6 nitrogen and oxygen atoms in total. The van der Waals surface area contributed by atoms with Gasteiger partial charge in [-0.3, -0.25) is 0 Å². The Balaban J connectivity index is 0.000000148. The topological polar surface area (TPSA) is 60.4 Å². The fourth-order valence-electron chi connectivity index (χ4n) is 1.70. The van der Waals surface area contributed by atoms with Gasteiger partial charge in [0, 0.05) is 12.6 Å². The van der Waals surface area contributed by atoms with E-state index >= 15 is 0 Å².